The van der Waals surface area contributed by atoms with Crippen LogP contribution in [-0.2, 0) is 13.0 Å². The van der Waals surface area contributed by atoms with Crippen LogP contribution in [0.5, 0.6) is 0 Å². The second-order valence-electron chi connectivity index (χ2n) is 7.26. The Kier molecular flexibility index (Phi) is 7.39. The molecule has 0 spiro atoms. The van der Waals surface area contributed by atoms with Gasteiger partial charge in [-0.1, -0.05) is 24.6 Å². The molecule has 1 fully saturated rings. The molecular formula is C21H25ClN8O. The molecule has 0 unspecified atom stereocenters. The number of hydrogen-bond acceptors (Lipinski definition) is 8. The monoisotopic (exact) mass is 440 g/mol. The van der Waals surface area contributed by atoms with Gasteiger partial charge in [0.15, 0.2) is 0 Å². The molecule has 2 aromatic heterocycles. The van der Waals surface area contributed by atoms with E-state index in [0.29, 0.717) is 21.8 Å². The van der Waals surface area contributed by atoms with Gasteiger partial charge in [-0.15, -0.1) is 0 Å². The van der Waals surface area contributed by atoms with Crippen molar-refractivity contribution in [3.8, 4) is 6.07 Å². The van der Waals surface area contributed by atoms with Crippen LogP contribution in [0.25, 0.3) is 10.9 Å². The Morgan fingerprint density at radius 2 is 1.94 bits per heavy atom. The first-order valence-corrected chi connectivity index (χ1v) is 10.5. The smallest absolute Gasteiger partial charge is 0.262 e. The zero-order chi connectivity index (χ0) is 22.4. The normalized spacial score (nSPS) is 14.0. The molecule has 0 saturated carbocycles. The van der Waals surface area contributed by atoms with Crippen molar-refractivity contribution in [3.63, 3.8) is 0 Å². The summed E-state index contributed by atoms with van der Waals surface area (Å²) in [7, 11) is 0. The zero-order valence-electron chi connectivity index (χ0n) is 17.3. The van der Waals surface area contributed by atoms with Crippen LogP contribution in [0.1, 0.15) is 31.2 Å². The second-order valence-corrected chi connectivity index (χ2v) is 7.66. The van der Waals surface area contributed by atoms with E-state index in [1.165, 1.54) is 6.33 Å². The minimum Gasteiger partial charge on any atom is -0.382 e. The molecule has 0 amide bonds. The summed E-state index contributed by atoms with van der Waals surface area (Å²) in [6.45, 7) is 4.85. The number of anilines is 2. The molecular weight excluding hydrogens is 416 g/mol. The Labute approximate surface area is 185 Å². The van der Waals surface area contributed by atoms with Crippen LogP contribution >= 0.6 is 11.6 Å². The van der Waals surface area contributed by atoms with Gasteiger partial charge >= 0.3 is 0 Å². The van der Waals surface area contributed by atoms with E-state index < -0.39 is 0 Å². The first-order chi connectivity index (χ1) is 15.0. The van der Waals surface area contributed by atoms with Gasteiger partial charge in [-0.05, 0) is 44.0 Å². The van der Waals surface area contributed by atoms with E-state index >= 15 is 0 Å². The highest BCUT2D eigenvalue weighted by Gasteiger charge is 2.18. The summed E-state index contributed by atoms with van der Waals surface area (Å²) in [6, 6.07) is 7.24. The van der Waals surface area contributed by atoms with Crippen molar-refractivity contribution in [3.05, 3.63) is 51.3 Å². The molecule has 0 bridgehead atoms. The molecule has 9 nitrogen and oxygen atoms in total. The number of aryl methyl sites for hydroxylation is 1. The Morgan fingerprint density at radius 1 is 1.26 bits per heavy atom. The SMILES string of the molecule is CCc1nc2cccc(Cl)c2c(=O)n1CC1CCNCC1.N#Cc1c(N)ncnc1N. The number of rotatable bonds is 3. The van der Waals surface area contributed by atoms with Gasteiger partial charge in [0, 0.05) is 13.0 Å². The Bertz CT molecular complexity index is 1140. The molecule has 162 valence electrons. The number of benzene rings is 1. The molecule has 3 aromatic rings. The average molecular weight is 441 g/mol. The fourth-order valence-electron chi connectivity index (χ4n) is 3.58. The highest BCUT2D eigenvalue weighted by molar-refractivity contribution is 6.35. The molecule has 4 rings (SSSR count). The van der Waals surface area contributed by atoms with E-state index in [0.717, 1.165) is 44.7 Å². The van der Waals surface area contributed by atoms with Gasteiger partial charge in [0.25, 0.3) is 5.56 Å². The third-order valence-corrected chi connectivity index (χ3v) is 5.56. The molecule has 1 aliphatic rings. The van der Waals surface area contributed by atoms with Crippen LogP contribution in [0.15, 0.2) is 29.3 Å². The lowest BCUT2D eigenvalue weighted by atomic mass is 9.98. The minimum atomic E-state index is 0.000910. The molecule has 1 aliphatic heterocycles. The zero-order valence-corrected chi connectivity index (χ0v) is 18.1. The van der Waals surface area contributed by atoms with Crippen LogP contribution in [0.2, 0.25) is 5.02 Å². The molecule has 0 aliphatic carbocycles. The summed E-state index contributed by atoms with van der Waals surface area (Å²) in [5.74, 6) is 1.63. The minimum absolute atomic E-state index is 0.000910. The summed E-state index contributed by atoms with van der Waals surface area (Å²) in [4.78, 5) is 24.6. The Morgan fingerprint density at radius 3 is 2.52 bits per heavy atom. The maximum absolute atomic E-state index is 12.8. The summed E-state index contributed by atoms with van der Waals surface area (Å²) >= 11 is 6.21. The molecule has 5 N–H and O–H groups in total. The first-order valence-electron chi connectivity index (χ1n) is 10.1. The van der Waals surface area contributed by atoms with Crippen LogP contribution in [-0.4, -0.2) is 32.6 Å². The van der Waals surface area contributed by atoms with Crippen molar-refractivity contribution in [1.29, 1.82) is 5.26 Å². The van der Waals surface area contributed by atoms with Crippen molar-refractivity contribution in [2.24, 2.45) is 5.92 Å². The van der Waals surface area contributed by atoms with E-state index in [1.54, 1.807) is 12.1 Å². The fraction of sp³-hybridized carbons (Fsp3) is 0.381. The van der Waals surface area contributed by atoms with Crippen LogP contribution in [0.4, 0.5) is 11.6 Å². The molecule has 1 saturated heterocycles. The van der Waals surface area contributed by atoms with E-state index in [-0.39, 0.29) is 22.8 Å². The van der Waals surface area contributed by atoms with Gasteiger partial charge in [-0.2, -0.15) is 5.26 Å². The number of piperidine rings is 1. The van der Waals surface area contributed by atoms with Gasteiger partial charge in [0.05, 0.1) is 15.9 Å². The lowest BCUT2D eigenvalue weighted by Gasteiger charge is -2.24. The predicted molar refractivity (Wildman–Crippen MR) is 122 cm³/mol. The lowest BCUT2D eigenvalue weighted by Crippen LogP contribution is -2.34. The van der Waals surface area contributed by atoms with Crippen LogP contribution in [0, 0.1) is 17.2 Å². The van der Waals surface area contributed by atoms with E-state index in [9.17, 15) is 4.79 Å². The standard InChI is InChI=1S/C16H20ClN3O.C5H5N5/c1-2-14-19-13-5-3-4-12(17)15(13)16(21)20(14)10-11-6-8-18-9-7-11;6-1-3-4(7)9-2-10-5(3)8/h3-5,11,18H,2,6-10H2,1H3;2H,(H4,7,8,9,10). The molecule has 10 heteroatoms. The van der Waals surface area contributed by atoms with Gasteiger partial charge in [-0.3, -0.25) is 9.36 Å². The molecule has 1 aromatic carbocycles. The van der Waals surface area contributed by atoms with Gasteiger partial charge < -0.3 is 16.8 Å². The van der Waals surface area contributed by atoms with Gasteiger partial charge in [0.2, 0.25) is 0 Å². The second kappa shape index (κ2) is 10.2. The number of nitriles is 1. The van der Waals surface area contributed by atoms with Crippen molar-refractivity contribution < 1.29 is 0 Å². The van der Waals surface area contributed by atoms with E-state index in [1.807, 2.05) is 23.6 Å². The van der Waals surface area contributed by atoms with Crippen molar-refractivity contribution in [2.75, 3.05) is 24.6 Å². The summed E-state index contributed by atoms with van der Waals surface area (Å²) in [6.07, 6.45) is 4.18. The number of fused-ring (bicyclic) bond motifs is 1. The maximum atomic E-state index is 12.8. The third-order valence-electron chi connectivity index (χ3n) is 5.25. The number of nitrogen functional groups attached to an aromatic ring is 2. The predicted octanol–water partition coefficient (Wildman–Crippen LogP) is 2.12. The molecule has 0 radical (unpaired) electrons. The summed E-state index contributed by atoms with van der Waals surface area (Å²) < 4.78 is 1.84. The fourth-order valence-corrected chi connectivity index (χ4v) is 3.83. The van der Waals surface area contributed by atoms with Gasteiger partial charge in [0.1, 0.15) is 35.4 Å². The first kappa shape index (κ1) is 22.5. The largest absolute Gasteiger partial charge is 0.382 e. The quantitative estimate of drug-likeness (QED) is 0.560. The van der Waals surface area contributed by atoms with Crippen LogP contribution in [0.3, 0.4) is 0 Å². The molecule has 0 atom stereocenters. The highest BCUT2D eigenvalue weighted by atomic mass is 35.5. The Hall–Kier alpha value is -3.22. The van der Waals surface area contributed by atoms with Gasteiger partial charge in [-0.25, -0.2) is 15.0 Å². The number of nitrogens with one attached hydrogen (secondary N) is 1. The topological polar surface area (TPSA) is 149 Å². The highest BCUT2D eigenvalue weighted by Crippen LogP contribution is 2.20. The maximum Gasteiger partial charge on any atom is 0.262 e. The number of nitrogens with zero attached hydrogens (tertiary/aromatic N) is 5. The summed E-state index contributed by atoms with van der Waals surface area (Å²) in [5, 5.41) is 12.8. The van der Waals surface area contributed by atoms with Crippen molar-refractivity contribution in [1.82, 2.24) is 24.8 Å². The van der Waals surface area contributed by atoms with Crippen LogP contribution < -0.4 is 22.3 Å². The average Bonchev–Trinajstić information content (AvgIpc) is 2.77. The van der Waals surface area contributed by atoms with E-state index in [2.05, 4.69) is 20.3 Å². The number of halogens is 1. The lowest BCUT2D eigenvalue weighted by molar-refractivity contribution is 0.325. The van der Waals surface area contributed by atoms with Crippen molar-refractivity contribution >= 4 is 34.1 Å². The number of nitrogens with two attached hydrogens (primary N) is 2. The molecule has 31 heavy (non-hydrogen) atoms. The summed E-state index contributed by atoms with van der Waals surface area (Å²) in [5.41, 5.74) is 11.4. The van der Waals surface area contributed by atoms with E-state index in [4.69, 9.17) is 28.3 Å². The third kappa shape index (κ3) is 5.10. The number of hydrogen-bond donors (Lipinski definition) is 3. The number of aromatic nitrogens is 4. The molecule has 3 heterocycles. The Balaban J connectivity index is 0.000000229. The van der Waals surface area contributed by atoms with Crippen molar-refractivity contribution in [2.45, 2.75) is 32.7 Å².